The van der Waals surface area contributed by atoms with E-state index in [2.05, 4.69) is 0 Å². The molecule has 2 aromatic carbocycles. The van der Waals surface area contributed by atoms with E-state index in [1.165, 1.54) is 24.3 Å². The fraction of sp³-hybridized carbons (Fsp3) is 0.350. The van der Waals surface area contributed by atoms with Gasteiger partial charge in [0.25, 0.3) is 10.1 Å². The third-order valence-electron chi connectivity index (χ3n) is 4.89. The summed E-state index contributed by atoms with van der Waals surface area (Å²) in [6, 6.07) is 11.1. The highest BCUT2D eigenvalue weighted by atomic mass is 32.2. The van der Waals surface area contributed by atoms with Crippen molar-refractivity contribution < 1.29 is 30.6 Å². The van der Waals surface area contributed by atoms with Gasteiger partial charge in [0.15, 0.2) is 0 Å². The third-order valence-corrected chi connectivity index (χ3v) is 8.15. The van der Waals surface area contributed by atoms with Crippen LogP contribution in [0.15, 0.2) is 58.3 Å². The molecule has 0 N–H and O–H groups in total. The maximum atomic E-state index is 13.1. The first-order valence-electron chi connectivity index (χ1n) is 9.21. The molecule has 0 amide bonds. The fourth-order valence-corrected chi connectivity index (χ4v) is 5.94. The number of nitrogens with zero attached hydrogens (tertiary/aromatic N) is 1. The zero-order chi connectivity index (χ0) is 22.1. The van der Waals surface area contributed by atoms with E-state index in [9.17, 15) is 21.6 Å². The van der Waals surface area contributed by atoms with Crippen LogP contribution in [0, 0.1) is 13.8 Å². The molecule has 2 aromatic rings. The van der Waals surface area contributed by atoms with Crippen molar-refractivity contribution in [3.05, 3.63) is 59.7 Å². The zero-order valence-electron chi connectivity index (χ0n) is 16.8. The van der Waals surface area contributed by atoms with Crippen LogP contribution in [0.2, 0.25) is 0 Å². The summed E-state index contributed by atoms with van der Waals surface area (Å²) in [4.78, 5) is 12.2. The second-order valence-corrected chi connectivity index (χ2v) is 10.6. The van der Waals surface area contributed by atoms with Gasteiger partial charge in [0, 0.05) is 13.0 Å². The van der Waals surface area contributed by atoms with Gasteiger partial charge in [-0.15, -0.1) is 0 Å². The van der Waals surface area contributed by atoms with Crippen LogP contribution in [-0.4, -0.2) is 52.9 Å². The Morgan fingerprint density at radius 3 is 1.90 bits per heavy atom. The molecule has 0 aliphatic carbocycles. The number of ether oxygens (including phenoxy) is 1. The first-order chi connectivity index (χ1) is 14.0. The topological polar surface area (TPSA) is 107 Å². The van der Waals surface area contributed by atoms with Crippen LogP contribution in [0.25, 0.3) is 0 Å². The molecule has 0 aromatic heterocycles. The number of methoxy groups -OCH3 is 1. The molecule has 3 rings (SSSR count). The molecule has 8 nitrogen and oxygen atoms in total. The number of sulfonamides is 1. The number of esters is 1. The van der Waals surface area contributed by atoms with Crippen LogP contribution < -0.4 is 0 Å². The van der Waals surface area contributed by atoms with Gasteiger partial charge in [0.05, 0.1) is 23.0 Å². The SMILES string of the molecule is COC(=O)[C@H]1C[C@H](OS(=O)(=O)c2ccc(C)cc2)CN1S(=O)(=O)c1ccc(C)cc1. The summed E-state index contributed by atoms with van der Waals surface area (Å²) < 4.78 is 62.4. The number of hydrogen-bond acceptors (Lipinski definition) is 7. The van der Waals surface area contributed by atoms with Crippen molar-refractivity contribution in [2.24, 2.45) is 0 Å². The largest absolute Gasteiger partial charge is 0.468 e. The molecular formula is C20H23NO7S2. The number of carbonyl (C=O) groups excluding carboxylic acids is 1. The molecule has 1 aliphatic rings. The van der Waals surface area contributed by atoms with Gasteiger partial charge in [-0.05, 0) is 38.1 Å². The molecule has 1 heterocycles. The summed E-state index contributed by atoms with van der Waals surface area (Å²) in [7, 11) is -7.04. The Balaban J connectivity index is 1.88. The lowest BCUT2D eigenvalue weighted by Crippen LogP contribution is -2.41. The van der Waals surface area contributed by atoms with Gasteiger partial charge in [-0.1, -0.05) is 35.4 Å². The third kappa shape index (κ3) is 4.56. The molecule has 162 valence electrons. The summed E-state index contributed by atoms with van der Waals surface area (Å²) >= 11 is 0. The Morgan fingerprint density at radius 2 is 1.40 bits per heavy atom. The fourth-order valence-electron chi connectivity index (χ4n) is 3.24. The molecule has 0 radical (unpaired) electrons. The van der Waals surface area contributed by atoms with E-state index in [-0.39, 0.29) is 22.8 Å². The molecule has 0 spiro atoms. The smallest absolute Gasteiger partial charge is 0.324 e. The second-order valence-electron chi connectivity index (χ2n) is 7.15. The second kappa shape index (κ2) is 8.46. The standard InChI is InChI=1S/C20H23NO7S2/c1-14-4-8-17(9-5-14)29(23,24)21-13-16(12-19(21)20(22)27-3)28-30(25,26)18-10-6-15(2)7-11-18/h4-11,16,19H,12-13H2,1-3H3/t16-,19+/m0/s1. The van der Waals surface area contributed by atoms with Crippen LogP contribution in [0.4, 0.5) is 0 Å². The average Bonchev–Trinajstić information content (AvgIpc) is 3.12. The molecule has 0 unspecified atom stereocenters. The lowest BCUT2D eigenvalue weighted by Gasteiger charge is -2.22. The van der Waals surface area contributed by atoms with Crippen molar-refractivity contribution in [2.45, 2.75) is 42.2 Å². The van der Waals surface area contributed by atoms with Gasteiger partial charge >= 0.3 is 5.97 Å². The molecule has 1 saturated heterocycles. The molecule has 2 atom stereocenters. The average molecular weight is 454 g/mol. The molecular weight excluding hydrogens is 430 g/mol. The summed E-state index contributed by atoms with van der Waals surface area (Å²) in [6.07, 6.45) is -1.16. The van der Waals surface area contributed by atoms with Gasteiger partial charge in [0.2, 0.25) is 10.0 Å². The van der Waals surface area contributed by atoms with Crippen LogP contribution in [0.5, 0.6) is 0 Å². The van der Waals surface area contributed by atoms with Crippen molar-refractivity contribution in [1.29, 1.82) is 0 Å². The van der Waals surface area contributed by atoms with Crippen molar-refractivity contribution in [3.63, 3.8) is 0 Å². The monoisotopic (exact) mass is 453 g/mol. The minimum Gasteiger partial charge on any atom is -0.468 e. The Labute approximate surface area is 176 Å². The predicted molar refractivity (Wildman–Crippen MR) is 109 cm³/mol. The quantitative estimate of drug-likeness (QED) is 0.486. The number of aryl methyl sites for hydroxylation is 2. The number of benzene rings is 2. The van der Waals surface area contributed by atoms with Gasteiger partial charge in [0.1, 0.15) is 6.04 Å². The Bertz CT molecular complexity index is 1120. The van der Waals surface area contributed by atoms with Crippen LogP contribution in [-0.2, 0) is 33.9 Å². The van der Waals surface area contributed by atoms with Crippen molar-refractivity contribution >= 4 is 26.1 Å². The Hall–Kier alpha value is -2.27. The van der Waals surface area contributed by atoms with E-state index in [0.29, 0.717) is 0 Å². The molecule has 30 heavy (non-hydrogen) atoms. The van der Waals surface area contributed by atoms with Crippen molar-refractivity contribution in [1.82, 2.24) is 4.31 Å². The summed E-state index contributed by atoms with van der Waals surface area (Å²) in [5.41, 5.74) is 1.77. The lowest BCUT2D eigenvalue weighted by atomic mass is 10.2. The summed E-state index contributed by atoms with van der Waals surface area (Å²) in [6.45, 7) is 3.35. The zero-order valence-corrected chi connectivity index (χ0v) is 18.4. The molecule has 0 bridgehead atoms. The molecule has 1 fully saturated rings. The van der Waals surface area contributed by atoms with Gasteiger partial charge in [-0.3, -0.25) is 8.98 Å². The van der Waals surface area contributed by atoms with E-state index in [1.54, 1.807) is 24.3 Å². The van der Waals surface area contributed by atoms with Gasteiger partial charge < -0.3 is 4.74 Å². The summed E-state index contributed by atoms with van der Waals surface area (Å²) in [5, 5.41) is 0. The predicted octanol–water partition coefficient (Wildman–Crippen LogP) is 2.01. The van der Waals surface area contributed by atoms with E-state index in [0.717, 1.165) is 22.5 Å². The normalized spacial score (nSPS) is 20.2. The first kappa shape index (κ1) is 22.4. The Morgan fingerprint density at radius 1 is 0.900 bits per heavy atom. The van der Waals surface area contributed by atoms with E-state index in [4.69, 9.17) is 8.92 Å². The summed E-state index contributed by atoms with van der Waals surface area (Å²) in [5.74, 6) is -0.774. The highest BCUT2D eigenvalue weighted by Gasteiger charge is 2.46. The molecule has 1 aliphatic heterocycles. The van der Waals surface area contributed by atoms with Crippen molar-refractivity contribution in [2.75, 3.05) is 13.7 Å². The minimum atomic E-state index is -4.13. The highest BCUT2D eigenvalue weighted by molar-refractivity contribution is 7.89. The highest BCUT2D eigenvalue weighted by Crippen LogP contribution is 2.30. The molecule has 10 heteroatoms. The van der Waals surface area contributed by atoms with Crippen LogP contribution >= 0.6 is 0 Å². The molecule has 0 saturated carbocycles. The van der Waals surface area contributed by atoms with Crippen molar-refractivity contribution in [3.8, 4) is 0 Å². The van der Waals surface area contributed by atoms with Crippen LogP contribution in [0.1, 0.15) is 17.5 Å². The number of hydrogen-bond donors (Lipinski definition) is 0. The maximum absolute atomic E-state index is 13.1. The van der Waals surface area contributed by atoms with E-state index >= 15 is 0 Å². The van der Waals surface area contributed by atoms with E-state index in [1.807, 2.05) is 13.8 Å². The first-order valence-corrected chi connectivity index (χ1v) is 12.1. The maximum Gasteiger partial charge on any atom is 0.324 e. The van der Waals surface area contributed by atoms with Gasteiger partial charge in [-0.2, -0.15) is 12.7 Å². The number of rotatable bonds is 6. The van der Waals surface area contributed by atoms with Gasteiger partial charge in [-0.25, -0.2) is 8.42 Å². The minimum absolute atomic E-state index is 0.00375. The number of carbonyl (C=O) groups is 1. The Kier molecular flexibility index (Phi) is 6.32. The van der Waals surface area contributed by atoms with E-state index < -0.39 is 38.3 Å². The lowest BCUT2D eigenvalue weighted by molar-refractivity contribution is -0.144. The van der Waals surface area contributed by atoms with Crippen LogP contribution in [0.3, 0.4) is 0 Å².